The third-order valence-electron chi connectivity index (χ3n) is 5.15. The molecule has 32 heavy (non-hydrogen) atoms. The molecule has 0 saturated carbocycles. The fourth-order valence-corrected chi connectivity index (χ4v) is 5.46. The van der Waals surface area contributed by atoms with Crippen LogP contribution in [0.2, 0.25) is 0 Å². The number of benzene rings is 2. The van der Waals surface area contributed by atoms with Gasteiger partial charge in [-0.2, -0.15) is 0 Å². The number of imidazole rings is 1. The molecule has 5 rings (SSSR count). The molecule has 4 aromatic rings. The molecule has 1 unspecified atom stereocenters. The first-order valence-electron chi connectivity index (χ1n) is 9.79. The molecule has 0 spiro atoms. The summed E-state index contributed by atoms with van der Waals surface area (Å²) in [7, 11) is -3.63. The minimum atomic E-state index is -3.63. The Bertz CT molecular complexity index is 1410. The number of rotatable bonds is 7. The molecule has 11 heteroatoms. The van der Waals surface area contributed by atoms with Gasteiger partial charge in [0.15, 0.2) is 0 Å². The molecule has 0 radical (unpaired) electrons. The summed E-state index contributed by atoms with van der Waals surface area (Å²) in [5.74, 6) is -0.674. The van der Waals surface area contributed by atoms with Crippen molar-refractivity contribution < 1.29 is 13.2 Å². The number of thiazole rings is 1. The lowest BCUT2D eigenvalue weighted by Crippen LogP contribution is -2.26. The summed E-state index contributed by atoms with van der Waals surface area (Å²) in [5.41, 5.74) is 5.65. The maximum Gasteiger partial charge on any atom is 0.240 e. The number of aromatic amines is 1. The molecule has 0 aliphatic carbocycles. The van der Waals surface area contributed by atoms with E-state index in [0.717, 1.165) is 27.2 Å². The zero-order valence-electron chi connectivity index (χ0n) is 16.6. The Hall–Kier alpha value is -3.41. The lowest BCUT2D eigenvalue weighted by Gasteiger charge is -2.07. The molecule has 2 aromatic heterocycles. The number of nitrogens with one attached hydrogen (secondary N) is 3. The highest BCUT2D eigenvalue weighted by Gasteiger charge is 2.31. The fourth-order valence-electron chi connectivity index (χ4n) is 3.55. The summed E-state index contributed by atoms with van der Waals surface area (Å²) in [5, 5.41) is 2.88. The van der Waals surface area contributed by atoms with Gasteiger partial charge < -0.3 is 10.3 Å². The van der Waals surface area contributed by atoms with Gasteiger partial charge >= 0.3 is 0 Å². The number of H-pyrrole nitrogens is 1. The predicted molar refractivity (Wildman–Crippen MR) is 123 cm³/mol. The van der Waals surface area contributed by atoms with E-state index >= 15 is 0 Å². The van der Waals surface area contributed by atoms with E-state index < -0.39 is 15.9 Å². The van der Waals surface area contributed by atoms with Crippen molar-refractivity contribution in [3.05, 3.63) is 65.7 Å². The smallest absolute Gasteiger partial charge is 0.240 e. The van der Waals surface area contributed by atoms with Crippen molar-refractivity contribution in [3.8, 4) is 0 Å². The van der Waals surface area contributed by atoms with Crippen LogP contribution in [0.5, 0.6) is 0 Å². The Labute approximate surface area is 187 Å². The molecule has 0 bridgehead atoms. The van der Waals surface area contributed by atoms with Gasteiger partial charge in [0.1, 0.15) is 5.92 Å². The Balaban J connectivity index is 1.30. The summed E-state index contributed by atoms with van der Waals surface area (Å²) >= 11 is 1.49. The van der Waals surface area contributed by atoms with Crippen molar-refractivity contribution >= 4 is 55.1 Å². The molecular weight excluding hydrogens is 448 g/mol. The minimum Gasteiger partial charge on any atom is -0.348 e. The van der Waals surface area contributed by atoms with E-state index in [9.17, 15) is 13.2 Å². The Kier molecular flexibility index (Phi) is 5.29. The quantitative estimate of drug-likeness (QED) is 0.361. The normalized spacial score (nSPS) is 16.0. The second-order valence-corrected chi connectivity index (χ2v) is 9.81. The van der Waals surface area contributed by atoms with Crippen LogP contribution in [0.1, 0.15) is 17.2 Å². The van der Waals surface area contributed by atoms with Crippen LogP contribution >= 0.6 is 11.3 Å². The van der Waals surface area contributed by atoms with Crippen LogP contribution in [0.25, 0.3) is 10.2 Å². The molecule has 0 saturated heterocycles. The van der Waals surface area contributed by atoms with Crippen molar-refractivity contribution in [1.29, 1.82) is 0 Å². The first kappa shape index (κ1) is 20.5. The predicted octanol–water partition coefficient (Wildman–Crippen LogP) is 2.98. The molecule has 1 amide bonds. The monoisotopic (exact) mass is 466 g/mol. The second-order valence-electron chi connectivity index (χ2n) is 7.19. The van der Waals surface area contributed by atoms with Gasteiger partial charge in [-0.1, -0.05) is 0 Å². The SMILES string of the molecule is O=C1Nc2ccc3ncsc3c2C1C=Nc1ccc(S(=O)(=O)NCCc2cnc[nH]2)cc1. The van der Waals surface area contributed by atoms with E-state index in [0.29, 0.717) is 12.1 Å². The van der Waals surface area contributed by atoms with Crippen molar-refractivity contribution in [2.75, 3.05) is 11.9 Å². The van der Waals surface area contributed by atoms with Crippen molar-refractivity contribution in [1.82, 2.24) is 19.7 Å². The van der Waals surface area contributed by atoms with Gasteiger partial charge in [0.2, 0.25) is 15.9 Å². The van der Waals surface area contributed by atoms with Gasteiger partial charge in [-0.25, -0.2) is 23.1 Å². The molecule has 2 aromatic carbocycles. The summed E-state index contributed by atoms with van der Waals surface area (Å²) in [6, 6.07) is 9.95. The minimum absolute atomic E-state index is 0.148. The van der Waals surface area contributed by atoms with Crippen LogP contribution in [0, 0.1) is 0 Å². The fraction of sp³-hybridized carbons (Fsp3) is 0.143. The van der Waals surface area contributed by atoms with Gasteiger partial charge in [0.05, 0.1) is 32.6 Å². The van der Waals surface area contributed by atoms with Gasteiger partial charge in [-0.15, -0.1) is 11.3 Å². The van der Waals surface area contributed by atoms with E-state index in [1.165, 1.54) is 23.5 Å². The Morgan fingerprint density at radius 1 is 1.19 bits per heavy atom. The van der Waals surface area contributed by atoms with Crippen molar-refractivity contribution in [3.63, 3.8) is 0 Å². The molecule has 3 heterocycles. The lowest BCUT2D eigenvalue weighted by atomic mass is 10.0. The van der Waals surface area contributed by atoms with Crippen molar-refractivity contribution in [2.24, 2.45) is 4.99 Å². The number of carbonyl (C=O) groups is 1. The number of amides is 1. The zero-order valence-corrected chi connectivity index (χ0v) is 18.3. The van der Waals surface area contributed by atoms with Crippen LogP contribution < -0.4 is 10.0 Å². The number of carbonyl (C=O) groups excluding carboxylic acids is 1. The highest BCUT2D eigenvalue weighted by molar-refractivity contribution is 7.89. The third kappa shape index (κ3) is 3.93. The Morgan fingerprint density at radius 3 is 2.81 bits per heavy atom. The van der Waals surface area contributed by atoms with Gasteiger partial charge in [-0.3, -0.25) is 9.79 Å². The second kappa shape index (κ2) is 8.26. The maximum atomic E-state index is 12.5. The number of aliphatic imine (C=N–C) groups is 1. The molecule has 1 atom stereocenters. The zero-order chi connectivity index (χ0) is 22.1. The summed E-state index contributed by atoms with van der Waals surface area (Å²) in [6.07, 6.45) is 5.31. The number of sulfonamides is 1. The van der Waals surface area contributed by atoms with E-state index in [1.807, 2.05) is 12.1 Å². The first-order chi connectivity index (χ1) is 15.5. The topological polar surface area (TPSA) is 129 Å². The summed E-state index contributed by atoms with van der Waals surface area (Å²) in [4.78, 5) is 28.2. The van der Waals surface area contributed by atoms with Crippen LogP contribution in [-0.2, 0) is 21.2 Å². The number of anilines is 1. The number of hydrogen-bond donors (Lipinski definition) is 3. The van der Waals surface area contributed by atoms with Gasteiger partial charge in [0.25, 0.3) is 0 Å². The Morgan fingerprint density at radius 2 is 2.03 bits per heavy atom. The highest BCUT2D eigenvalue weighted by atomic mass is 32.2. The molecule has 1 aliphatic heterocycles. The summed E-state index contributed by atoms with van der Waals surface area (Å²) < 4.78 is 28.5. The third-order valence-corrected chi connectivity index (χ3v) is 7.50. The molecule has 3 N–H and O–H groups in total. The molecule has 1 aliphatic rings. The van der Waals surface area contributed by atoms with Crippen LogP contribution in [0.15, 0.2) is 64.3 Å². The average molecular weight is 467 g/mol. The number of fused-ring (bicyclic) bond motifs is 3. The summed E-state index contributed by atoms with van der Waals surface area (Å²) in [6.45, 7) is 0.257. The number of aromatic nitrogens is 3. The van der Waals surface area contributed by atoms with E-state index in [1.54, 1.807) is 36.4 Å². The van der Waals surface area contributed by atoms with Gasteiger partial charge in [-0.05, 0) is 36.4 Å². The van der Waals surface area contributed by atoms with E-state index in [4.69, 9.17) is 0 Å². The maximum absolute atomic E-state index is 12.5. The molecule has 162 valence electrons. The van der Waals surface area contributed by atoms with E-state index in [2.05, 4.69) is 30.0 Å². The lowest BCUT2D eigenvalue weighted by molar-refractivity contribution is -0.115. The van der Waals surface area contributed by atoms with Gasteiger partial charge in [0, 0.05) is 42.3 Å². The number of nitrogens with zero attached hydrogens (tertiary/aromatic N) is 3. The number of hydrogen-bond acceptors (Lipinski definition) is 7. The largest absolute Gasteiger partial charge is 0.348 e. The molecule has 9 nitrogen and oxygen atoms in total. The standard InChI is InChI=1S/C21H18N6O3S2/c28-21-16(19-17(27-21)5-6-18-20(19)31-12-25-18)10-23-13-1-3-15(4-2-13)32(29,30)26-8-7-14-9-22-11-24-14/h1-6,9-12,16,26H,7-8H2,(H,22,24)(H,27,28). The average Bonchev–Trinajstić information content (AvgIpc) is 3.52. The van der Waals surface area contributed by atoms with Crippen LogP contribution in [0.3, 0.4) is 0 Å². The highest BCUT2D eigenvalue weighted by Crippen LogP contribution is 2.39. The molecular formula is C21H18N6O3S2. The van der Waals surface area contributed by atoms with Crippen molar-refractivity contribution in [2.45, 2.75) is 17.2 Å². The van der Waals surface area contributed by atoms with Crippen LogP contribution in [0.4, 0.5) is 11.4 Å². The van der Waals surface area contributed by atoms with E-state index in [-0.39, 0.29) is 17.3 Å². The first-order valence-corrected chi connectivity index (χ1v) is 12.2. The molecule has 0 fully saturated rings. The van der Waals surface area contributed by atoms with Crippen LogP contribution in [-0.4, -0.2) is 42.0 Å².